The predicted molar refractivity (Wildman–Crippen MR) is 96.3 cm³/mol. The Kier molecular flexibility index (Phi) is 4.36. The second-order valence-electron chi connectivity index (χ2n) is 4.90. The number of benzene rings is 1. The molecule has 23 heavy (non-hydrogen) atoms. The Balaban J connectivity index is 1.95. The smallest absolute Gasteiger partial charge is 0.270 e. The van der Waals surface area contributed by atoms with Crippen molar-refractivity contribution in [2.75, 3.05) is 4.90 Å². The molecule has 2 heterocycles. The number of pyridine rings is 1. The highest BCUT2D eigenvalue weighted by atomic mass is 32.2. The molecule has 1 amide bonds. The van der Waals surface area contributed by atoms with E-state index in [1.54, 1.807) is 42.7 Å². The zero-order valence-corrected chi connectivity index (χ0v) is 13.9. The Hall–Kier alpha value is -2.31. The summed E-state index contributed by atoms with van der Waals surface area (Å²) in [5.74, 6) is -0.234. The van der Waals surface area contributed by atoms with Gasteiger partial charge in [0, 0.05) is 18.0 Å². The normalized spacial score (nSPS) is 16.2. The van der Waals surface area contributed by atoms with E-state index in [0.29, 0.717) is 20.5 Å². The average Bonchev–Trinajstić information content (AvgIpc) is 2.82. The summed E-state index contributed by atoms with van der Waals surface area (Å²) in [6.07, 6.45) is 5.13. The Bertz CT molecular complexity index is 831. The molecule has 4 nitrogen and oxygen atoms in total. The van der Waals surface area contributed by atoms with Gasteiger partial charge < -0.3 is 0 Å². The molecule has 114 valence electrons. The number of carbonyl (C=O) groups excluding carboxylic acids is 2. The summed E-state index contributed by atoms with van der Waals surface area (Å²) in [5.41, 5.74) is 2.05. The third-order valence-corrected chi connectivity index (χ3v) is 4.61. The minimum atomic E-state index is -0.183. The van der Waals surface area contributed by atoms with Crippen molar-refractivity contribution in [3.63, 3.8) is 0 Å². The standard InChI is InChI=1S/C17H12N2O2S2/c1-11(20)13-3-2-4-14(10-13)19-16(21)15(23-17(19)22)9-12-5-7-18-8-6-12/h2-10H,1H3/b15-9-. The number of thiocarbonyl (C=S) groups is 1. The van der Waals surface area contributed by atoms with Crippen LogP contribution in [-0.2, 0) is 4.79 Å². The van der Waals surface area contributed by atoms with Crippen LogP contribution in [0.25, 0.3) is 6.08 Å². The molecule has 1 aliphatic rings. The van der Waals surface area contributed by atoms with Gasteiger partial charge in [-0.25, -0.2) is 0 Å². The fourth-order valence-electron chi connectivity index (χ4n) is 2.17. The van der Waals surface area contributed by atoms with Crippen LogP contribution in [0.4, 0.5) is 5.69 Å². The van der Waals surface area contributed by atoms with Crippen LogP contribution in [0.1, 0.15) is 22.8 Å². The van der Waals surface area contributed by atoms with Crippen LogP contribution >= 0.6 is 24.0 Å². The van der Waals surface area contributed by atoms with Crippen molar-refractivity contribution in [1.29, 1.82) is 0 Å². The van der Waals surface area contributed by atoms with E-state index in [1.807, 2.05) is 12.1 Å². The highest BCUT2D eigenvalue weighted by Gasteiger charge is 2.33. The van der Waals surface area contributed by atoms with Crippen molar-refractivity contribution in [1.82, 2.24) is 4.98 Å². The molecule has 3 rings (SSSR count). The van der Waals surface area contributed by atoms with E-state index in [4.69, 9.17) is 12.2 Å². The van der Waals surface area contributed by atoms with E-state index in [-0.39, 0.29) is 11.7 Å². The maximum absolute atomic E-state index is 12.7. The minimum absolute atomic E-state index is 0.0513. The molecule has 0 saturated carbocycles. The van der Waals surface area contributed by atoms with Crippen LogP contribution in [-0.4, -0.2) is 21.0 Å². The van der Waals surface area contributed by atoms with Crippen LogP contribution < -0.4 is 4.90 Å². The molecule has 1 saturated heterocycles. The lowest BCUT2D eigenvalue weighted by Crippen LogP contribution is -2.27. The van der Waals surface area contributed by atoms with E-state index < -0.39 is 0 Å². The van der Waals surface area contributed by atoms with Gasteiger partial charge in [0.1, 0.15) is 0 Å². The van der Waals surface area contributed by atoms with Gasteiger partial charge in [0.25, 0.3) is 5.91 Å². The third kappa shape index (κ3) is 3.23. The highest BCUT2D eigenvalue weighted by molar-refractivity contribution is 8.27. The van der Waals surface area contributed by atoms with Gasteiger partial charge >= 0.3 is 0 Å². The Morgan fingerprint density at radius 2 is 2.00 bits per heavy atom. The minimum Gasteiger partial charge on any atom is -0.295 e. The molecule has 0 unspecified atom stereocenters. The lowest BCUT2D eigenvalue weighted by Gasteiger charge is -2.15. The molecule has 1 aromatic carbocycles. The number of amides is 1. The number of carbonyl (C=O) groups is 2. The molecule has 0 atom stereocenters. The summed E-state index contributed by atoms with van der Waals surface area (Å²) >= 11 is 6.58. The van der Waals surface area contributed by atoms with Crippen LogP contribution in [0.5, 0.6) is 0 Å². The number of nitrogens with zero attached hydrogens (tertiary/aromatic N) is 2. The van der Waals surface area contributed by atoms with Crippen LogP contribution in [0.2, 0.25) is 0 Å². The first-order valence-corrected chi connectivity index (χ1v) is 8.08. The molecule has 0 N–H and O–H groups in total. The molecule has 2 aromatic rings. The van der Waals surface area contributed by atoms with Gasteiger partial charge in [0.2, 0.25) is 0 Å². The van der Waals surface area contributed by atoms with Crippen LogP contribution in [0, 0.1) is 0 Å². The third-order valence-electron chi connectivity index (χ3n) is 3.31. The molecule has 0 bridgehead atoms. The second-order valence-corrected chi connectivity index (χ2v) is 6.58. The Labute approximate surface area is 143 Å². The number of anilines is 1. The maximum atomic E-state index is 12.7. The summed E-state index contributed by atoms with van der Waals surface area (Å²) in [4.78, 5) is 30.1. The van der Waals surface area contributed by atoms with Gasteiger partial charge in [-0.05, 0) is 42.8 Å². The van der Waals surface area contributed by atoms with Crippen molar-refractivity contribution >= 4 is 51.8 Å². The maximum Gasteiger partial charge on any atom is 0.270 e. The number of hydrogen-bond donors (Lipinski definition) is 0. The van der Waals surface area contributed by atoms with E-state index in [9.17, 15) is 9.59 Å². The molecular formula is C17H12N2O2S2. The topological polar surface area (TPSA) is 50.3 Å². The summed E-state index contributed by atoms with van der Waals surface area (Å²) in [7, 11) is 0. The number of rotatable bonds is 3. The van der Waals surface area contributed by atoms with Gasteiger partial charge in [-0.1, -0.05) is 36.1 Å². The van der Waals surface area contributed by atoms with Crippen molar-refractivity contribution in [3.05, 3.63) is 64.8 Å². The van der Waals surface area contributed by atoms with E-state index in [2.05, 4.69) is 4.98 Å². The number of thioether (sulfide) groups is 1. The fraction of sp³-hybridized carbons (Fsp3) is 0.0588. The van der Waals surface area contributed by atoms with Gasteiger partial charge in [-0.2, -0.15) is 0 Å². The molecular weight excluding hydrogens is 328 g/mol. The van der Waals surface area contributed by atoms with Crippen molar-refractivity contribution in [2.45, 2.75) is 6.92 Å². The van der Waals surface area contributed by atoms with Crippen LogP contribution in [0.3, 0.4) is 0 Å². The van der Waals surface area contributed by atoms with Crippen LogP contribution in [0.15, 0.2) is 53.7 Å². The quantitative estimate of drug-likeness (QED) is 0.484. The summed E-state index contributed by atoms with van der Waals surface area (Å²) in [5, 5.41) is 0. The zero-order chi connectivity index (χ0) is 16.4. The first kappa shape index (κ1) is 15.6. The Morgan fingerprint density at radius 3 is 2.70 bits per heavy atom. The molecule has 1 fully saturated rings. The predicted octanol–water partition coefficient (Wildman–Crippen LogP) is 3.69. The van der Waals surface area contributed by atoms with E-state index in [0.717, 1.165) is 5.56 Å². The summed E-state index contributed by atoms with van der Waals surface area (Å²) in [6.45, 7) is 1.49. The highest BCUT2D eigenvalue weighted by Crippen LogP contribution is 2.36. The molecule has 0 radical (unpaired) electrons. The molecule has 1 aromatic heterocycles. The van der Waals surface area contributed by atoms with Crippen molar-refractivity contribution in [2.24, 2.45) is 0 Å². The van der Waals surface area contributed by atoms with Crippen molar-refractivity contribution < 1.29 is 9.59 Å². The first-order chi connectivity index (χ1) is 11.1. The van der Waals surface area contributed by atoms with Gasteiger partial charge in [-0.3, -0.25) is 19.5 Å². The molecule has 0 aliphatic carbocycles. The molecule has 6 heteroatoms. The second kappa shape index (κ2) is 6.44. The molecule has 0 spiro atoms. The Morgan fingerprint density at radius 1 is 1.26 bits per heavy atom. The molecule has 1 aliphatic heterocycles. The largest absolute Gasteiger partial charge is 0.295 e. The average molecular weight is 340 g/mol. The van der Waals surface area contributed by atoms with Gasteiger partial charge in [0.15, 0.2) is 10.1 Å². The SMILES string of the molecule is CC(=O)c1cccc(N2C(=O)/C(=C/c3ccncc3)SC2=S)c1. The monoisotopic (exact) mass is 340 g/mol. The number of Topliss-reactive ketones (excluding diaryl/α,β-unsaturated/α-hetero) is 1. The van der Waals surface area contributed by atoms with E-state index in [1.165, 1.54) is 23.6 Å². The number of hydrogen-bond acceptors (Lipinski definition) is 5. The lowest BCUT2D eigenvalue weighted by atomic mass is 10.1. The van der Waals surface area contributed by atoms with Crippen molar-refractivity contribution in [3.8, 4) is 0 Å². The number of aromatic nitrogens is 1. The van der Waals surface area contributed by atoms with E-state index >= 15 is 0 Å². The summed E-state index contributed by atoms with van der Waals surface area (Å²) in [6, 6.07) is 10.6. The fourth-order valence-corrected chi connectivity index (χ4v) is 3.46. The summed E-state index contributed by atoms with van der Waals surface area (Å²) < 4.78 is 0.455. The zero-order valence-electron chi connectivity index (χ0n) is 12.2. The van der Waals surface area contributed by atoms with Gasteiger partial charge in [0.05, 0.1) is 10.6 Å². The number of ketones is 1. The van der Waals surface area contributed by atoms with Gasteiger partial charge in [-0.15, -0.1) is 0 Å². The lowest BCUT2D eigenvalue weighted by molar-refractivity contribution is -0.113. The first-order valence-electron chi connectivity index (χ1n) is 6.85.